The molecule has 9 heteroatoms. The van der Waals surface area contributed by atoms with Gasteiger partial charge in [-0.15, -0.1) is 0 Å². The molecule has 3 heterocycles. The zero-order valence-electron chi connectivity index (χ0n) is 15.5. The van der Waals surface area contributed by atoms with Crippen LogP contribution in [-0.2, 0) is 27.7 Å². The maximum atomic E-state index is 12.8. The summed E-state index contributed by atoms with van der Waals surface area (Å²) in [5.74, 6) is 0. The zero-order valence-corrected chi connectivity index (χ0v) is 15.5. The molecule has 4 aromatic rings. The number of benzene rings is 1. The molecule has 0 N–H and O–H groups in total. The SMILES string of the molecule is Cn1c(=O)c2cc(Cn3c(=O)c4cccnc4n(C)c3=O)ccc2n(C)c1=O. The van der Waals surface area contributed by atoms with Gasteiger partial charge in [-0.3, -0.25) is 27.9 Å². The van der Waals surface area contributed by atoms with Crippen LogP contribution in [-0.4, -0.2) is 23.3 Å². The Balaban J connectivity index is 1.95. The first-order chi connectivity index (χ1) is 13.3. The van der Waals surface area contributed by atoms with Crippen LogP contribution >= 0.6 is 0 Å². The zero-order chi connectivity index (χ0) is 20.2. The molecule has 0 aliphatic heterocycles. The predicted octanol–water partition coefficient (Wildman–Crippen LogP) is -0.306. The second kappa shape index (κ2) is 6.15. The van der Waals surface area contributed by atoms with Crippen LogP contribution in [0, 0.1) is 0 Å². The van der Waals surface area contributed by atoms with Crippen molar-refractivity contribution in [2.45, 2.75) is 6.54 Å². The van der Waals surface area contributed by atoms with Crippen LogP contribution in [0.5, 0.6) is 0 Å². The molecule has 0 fully saturated rings. The number of pyridine rings is 1. The van der Waals surface area contributed by atoms with E-state index in [1.165, 1.54) is 22.4 Å². The molecule has 0 aliphatic carbocycles. The van der Waals surface area contributed by atoms with Crippen LogP contribution < -0.4 is 22.5 Å². The van der Waals surface area contributed by atoms with E-state index >= 15 is 0 Å². The Morgan fingerprint density at radius 1 is 0.821 bits per heavy atom. The third kappa shape index (κ3) is 2.43. The van der Waals surface area contributed by atoms with E-state index in [0.29, 0.717) is 27.5 Å². The van der Waals surface area contributed by atoms with E-state index in [-0.39, 0.29) is 6.54 Å². The van der Waals surface area contributed by atoms with Gasteiger partial charge in [0.25, 0.3) is 11.1 Å². The van der Waals surface area contributed by atoms with E-state index in [1.54, 1.807) is 44.4 Å². The molecular formula is C19H17N5O4. The van der Waals surface area contributed by atoms with Crippen LogP contribution in [0.4, 0.5) is 0 Å². The average molecular weight is 379 g/mol. The monoisotopic (exact) mass is 379 g/mol. The summed E-state index contributed by atoms with van der Waals surface area (Å²) in [6, 6.07) is 8.20. The molecule has 9 nitrogen and oxygen atoms in total. The minimum Gasteiger partial charge on any atom is -0.296 e. The lowest BCUT2D eigenvalue weighted by Crippen LogP contribution is -2.39. The maximum absolute atomic E-state index is 12.8. The van der Waals surface area contributed by atoms with Crippen molar-refractivity contribution in [2.24, 2.45) is 21.1 Å². The van der Waals surface area contributed by atoms with Gasteiger partial charge in [-0.05, 0) is 29.8 Å². The van der Waals surface area contributed by atoms with Gasteiger partial charge in [0.05, 0.1) is 22.8 Å². The van der Waals surface area contributed by atoms with E-state index in [4.69, 9.17) is 0 Å². The fraction of sp³-hybridized carbons (Fsp3) is 0.211. The summed E-state index contributed by atoms with van der Waals surface area (Å²) in [6.45, 7) is -0.00171. The molecule has 1 aromatic carbocycles. The van der Waals surface area contributed by atoms with Crippen molar-refractivity contribution in [3.63, 3.8) is 0 Å². The third-order valence-electron chi connectivity index (χ3n) is 4.97. The Labute approximate surface area is 157 Å². The van der Waals surface area contributed by atoms with Crippen molar-refractivity contribution in [3.05, 3.63) is 83.8 Å². The molecule has 0 saturated carbocycles. The summed E-state index contributed by atoms with van der Waals surface area (Å²) < 4.78 is 4.84. The number of aromatic nitrogens is 5. The average Bonchev–Trinajstić information content (AvgIpc) is 2.72. The minimum absolute atomic E-state index is 0.00171. The second-order valence-corrected chi connectivity index (χ2v) is 6.66. The lowest BCUT2D eigenvalue weighted by atomic mass is 10.1. The van der Waals surface area contributed by atoms with Gasteiger partial charge in [0, 0.05) is 27.3 Å². The van der Waals surface area contributed by atoms with Gasteiger partial charge in [0.2, 0.25) is 0 Å². The fourth-order valence-corrected chi connectivity index (χ4v) is 3.40. The molecule has 0 atom stereocenters. The molecule has 0 amide bonds. The number of rotatable bonds is 2. The van der Waals surface area contributed by atoms with Crippen LogP contribution in [0.25, 0.3) is 21.9 Å². The van der Waals surface area contributed by atoms with Gasteiger partial charge in [-0.2, -0.15) is 0 Å². The number of nitrogens with zero attached hydrogens (tertiary/aromatic N) is 5. The summed E-state index contributed by atoms with van der Waals surface area (Å²) in [4.78, 5) is 54.1. The maximum Gasteiger partial charge on any atom is 0.332 e. The van der Waals surface area contributed by atoms with Gasteiger partial charge in [0.1, 0.15) is 5.65 Å². The minimum atomic E-state index is -0.496. The van der Waals surface area contributed by atoms with E-state index in [0.717, 1.165) is 9.13 Å². The predicted molar refractivity (Wildman–Crippen MR) is 105 cm³/mol. The summed E-state index contributed by atoms with van der Waals surface area (Å²) in [5, 5.41) is 0.679. The Kier molecular flexibility index (Phi) is 3.88. The second-order valence-electron chi connectivity index (χ2n) is 6.66. The molecular weight excluding hydrogens is 362 g/mol. The number of aryl methyl sites for hydroxylation is 2. The molecule has 142 valence electrons. The summed E-state index contributed by atoms with van der Waals surface area (Å²) in [5.41, 5.74) is -0.383. The first-order valence-corrected chi connectivity index (χ1v) is 8.54. The molecule has 0 unspecified atom stereocenters. The third-order valence-corrected chi connectivity index (χ3v) is 4.97. The highest BCUT2D eigenvalue weighted by Crippen LogP contribution is 2.11. The molecule has 4 rings (SSSR count). The molecule has 28 heavy (non-hydrogen) atoms. The van der Waals surface area contributed by atoms with Gasteiger partial charge in [-0.25, -0.2) is 14.6 Å². The summed E-state index contributed by atoms with van der Waals surface area (Å²) in [6.07, 6.45) is 1.52. The highest BCUT2D eigenvalue weighted by atomic mass is 16.2. The van der Waals surface area contributed by atoms with E-state index in [9.17, 15) is 19.2 Å². The summed E-state index contributed by atoms with van der Waals surface area (Å²) >= 11 is 0. The Morgan fingerprint density at radius 3 is 2.32 bits per heavy atom. The van der Waals surface area contributed by atoms with Gasteiger partial charge >= 0.3 is 11.4 Å². The highest BCUT2D eigenvalue weighted by Gasteiger charge is 2.13. The smallest absolute Gasteiger partial charge is 0.296 e. The van der Waals surface area contributed by atoms with Crippen molar-refractivity contribution in [3.8, 4) is 0 Å². The summed E-state index contributed by atoms with van der Waals surface area (Å²) in [7, 11) is 4.55. The number of hydrogen-bond acceptors (Lipinski definition) is 5. The van der Waals surface area contributed by atoms with Gasteiger partial charge in [-0.1, -0.05) is 6.07 Å². The molecule has 0 aliphatic rings. The molecule has 0 radical (unpaired) electrons. The fourth-order valence-electron chi connectivity index (χ4n) is 3.40. The quantitative estimate of drug-likeness (QED) is 0.476. The van der Waals surface area contributed by atoms with E-state index < -0.39 is 22.5 Å². The molecule has 0 spiro atoms. The topological polar surface area (TPSA) is 101 Å². The lowest BCUT2D eigenvalue weighted by Gasteiger charge is -2.12. The number of hydrogen-bond donors (Lipinski definition) is 0. The largest absolute Gasteiger partial charge is 0.332 e. The van der Waals surface area contributed by atoms with Crippen molar-refractivity contribution in [2.75, 3.05) is 0 Å². The first-order valence-electron chi connectivity index (χ1n) is 8.54. The lowest BCUT2D eigenvalue weighted by molar-refractivity contribution is 0.656. The molecule has 0 bridgehead atoms. The van der Waals surface area contributed by atoms with Crippen molar-refractivity contribution in [1.82, 2.24) is 23.3 Å². The van der Waals surface area contributed by atoms with Crippen LogP contribution in [0.15, 0.2) is 55.7 Å². The Hall–Kier alpha value is -3.75. The van der Waals surface area contributed by atoms with Crippen LogP contribution in [0.3, 0.4) is 0 Å². The molecule has 0 saturated heterocycles. The van der Waals surface area contributed by atoms with Crippen LogP contribution in [0.2, 0.25) is 0 Å². The van der Waals surface area contributed by atoms with Gasteiger partial charge in [0.15, 0.2) is 0 Å². The number of fused-ring (bicyclic) bond motifs is 2. The standard InChI is InChI=1S/C19H17N5O4/c1-21-14-7-6-11(9-13(14)16(25)23(3)18(21)27)10-24-17(26)12-5-4-8-20-15(12)22(2)19(24)28/h4-9H,10H2,1-3H3. The Morgan fingerprint density at radius 2 is 1.57 bits per heavy atom. The highest BCUT2D eigenvalue weighted by molar-refractivity contribution is 5.78. The van der Waals surface area contributed by atoms with Crippen molar-refractivity contribution in [1.29, 1.82) is 0 Å². The van der Waals surface area contributed by atoms with Crippen LogP contribution in [0.1, 0.15) is 5.56 Å². The van der Waals surface area contributed by atoms with Crippen molar-refractivity contribution >= 4 is 21.9 Å². The van der Waals surface area contributed by atoms with Gasteiger partial charge < -0.3 is 0 Å². The van der Waals surface area contributed by atoms with E-state index in [1.807, 2.05) is 0 Å². The first kappa shape index (κ1) is 17.7. The van der Waals surface area contributed by atoms with Crippen molar-refractivity contribution < 1.29 is 0 Å². The normalized spacial score (nSPS) is 11.4. The molecule has 3 aromatic heterocycles. The Bertz CT molecular complexity index is 1500. The van der Waals surface area contributed by atoms with E-state index in [2.05, 4.69) is 4.98 Å².